The summed E-state index contributed by atoms with van der Waals surface area (Å²) in [5.41, 5.74) is 1.40. The molecule has 0 spiro atoms. The molecule has 1 aliphatic rings. The molecule has 2 aromatic rings. The lowest BCUT2D eigenvalue weighted by Crippen LogP contribution is -2.45. The Bertz CT molecular complexity index is 742. The molecule has 1 aliphatic heterocycles. The zero-order valence-electron chi connectivity index (χ0n) is 15.0. The Morgan fingerprint density at radius 2 is 1.77 bits per heavy atom. The van der Waals surface area contributed by atoms with Gasteiger partial charge in [-0.05, 0) is 37.1 Å². The minimum Gasteiger partial charge on any atom is -0.497 e. The van der Waals surface area contributed by atoms with E-state index < -0.39 is 0 Å². The van der Waals surface area contributed by atoms with Crippen molar-refractivity contribution >= 4 is 11.6 Å². The van der Waals surface area contributed by atoms with Gasteiger partial charge in [-0.25, -0.2) is 4.39 Å². The van der Waals surface area contributed by atoms with Crippen molar-refractivity contribution in [1.29, 1.82) is 0 Å². The first-order valence-corrected chi connectivity index (χ1v) is 8.63. The van der Waals surface area contributed by atoms with E-state index in [9.17, 15) is 9.18 Å². The summed E-state index contributed by atoms with van der Waals surface area (Å²) >= 11 is 0. The van der Waals surface area contributed by atoms with E-state index in [1.807, 2.05) is 23.1 Å². The molecular weight excluding hydrogens is 335 g/mol. The molecule has 5 nitrogen and oxygen atoms in total. The Hall–Kier alpha value is -2.76. The topological polar surface area (TPSA) is 50.8 Å². The minimum atomic E-state index is -0.341. The number of benzene rings is 2. The van der Waals surface area contributed by atoms with Gasteiger partial charge in [0.25, 0.3) is 5.91 Å². The number of hydrogen-bond donors (Lipinski definition) is 1. The molecule has 3 rings (SSSR count). The first-order chi connectivity index (χ1) is 12.6. The number of piperidine rings is 1. The number of methoxy groups -OCH3 is 2. The highest BCUT2D eigenvalue weighted by molar-refractivity contribution is 5.94. The predicted octanol–water partition coefficient (Wildman–Crippen LogP) is 3.56. The molecule has 0 saturated carbocycles. The molecule has 138 valence electrons. The van der Waals surface area contributed by atoms with Gasteiger partial charge in [0.2, 0.25) is 0 Å². The van der Waals surface area contributed by atoms with Crippen molar-refractivity contribution in [2.24, 2.45) is 0 Å². The zero-order chi connectivity index (χ0) is 18.5. The summed E-state index contributed by atoms with van der Waals surface area (Å²) in [7, 11) is 3.23. The van der Waals surface area contributed by atoms with Gasteiger partial charge in [0.05, 0.1) is 14.2 Å². The molecule has 0 aliphatic carbocycles. The third-order valence-corrected chi connectivity index (χ3v) is 4.52. The number of rotatable bonds is 5. The van der Waals surface area contributed by atoms with Crippen molar-refractivity contribution < 1.29 is 18.7 Å². The van der Waals surface area contributed by atoms with Crippen LogP contribution in [0.1, 0.15) is 23.2 Å². The molecule has 1 amide bonds. The minimum absolute atomic E-state index is 0.0697. The lowest BCUT2D eigenvalue weighted by atomic mass is 10.0. The fourth-order valence-corrected chi connectivity index (χ4v) is 3.18. The van der Waals surface area contributed by atoms with Crippen LogP contribution in [0.4, 0.5) is 10.1 Å². The molecule has 6 heteroatoms. The molecule has 1 fully saturated rings. The van der Waals surface area contributed by atoms with Gasteiger partial charge in [-0.15, -0.1) is 0 Å². The van der Waals surface area contributed by atoms with E-state index in [-0.39, 0.29) is 17.8 Å². The molecule has 0 radical (unpaired) electrons. The highest BCUT2D eigenvalue weighted by Crippen LogP contribution is 2.27. The third-order valence-electron chi connectivity index (χ3n) is 4.52. The average Bonchev–Trinajstić information content (AvgIpc) is 2.68. The van der Waals surface area contributed by atoms with Crippen LogP contribution in [0, 0.1) is 5.82 Å². The number of nitrogens with one attached hydrogen (secondary N) is 1. The SMILES string of the molecule is COc1cc(N[C@H]2CCCN(C(=O)c3ccc(F)cc3)C2)cc(OC)c1. The van der Waals surface area contributed by atoms with Gasteiger partial charge in [-0.2, -0.15) is 0 Å². The lowest BCUT2D eigenvalue weighted by Gasteiger charge is -2.34. The van der Waals surface area contributed by atoms with Crippen molar-refractivity contribution in [3.8, 4) is 11.5 Å². The standard InChI is InChI=1S/C20H23FN2O3/c1-25-18-10-17(11-19(12-18)26-2)22-16-4-3-9-23(13-16)20(24)14-5-7-15(21)8-6-14/h5-8,10-12,16,22H,3-4,9,13H2,1-2H3/t16-/m0/s1. The van der Waals surface area contributed by atoms with E-state index in [1.165, 1.54) is 24.3 Å². The summed E-state index contributed by atoms with van der Waals surface area (Å²) in [4.78, 5) is 14.5. The van der Waals surface area contributed by atoms with Gasteiger partial charge in [0, 0.05) is 48.6 Å². The molecule has 1 heterocycles. The number of hydrogen-bond acceptors (Lipinski definition) is 4. The van der Waals surface area contributed by atoms with Crippen LogP contribution in [-0.4, -0.2) is 44.2 Å². The fourth-order valence-electron chi connectivity index (χ4n) is 3.18. The van der Waals surface area contributed by atoms with Crippen LogP contribution < -0.4 is 14.8 Å². The van der Waals surface area contributed by atoms with Crippen LogP contribution in [-0.2, 0) is 0 Å². The maximum absolute atomic E-state index is 13.1. The van der Waals surface area contributed by atoms with Crippen LogP contribution in [0.15, 0.2) is 42.5 Å². The predicted molar refractivity (Wildman–Crippen MR) is 98.5 cm³/mol. The average molecular weight is 358 g/mol. The molecule has 0 bridgehead atoms. The number of likely N-dealkylation sites (tertiary alicyclic amines) is 1. The molecule has 0 aromatic heterocycles. The number of carbonyl (C=O) groups excluding carboxylic acids is 1. The molecule has 0 unspecified atom stereocenters. The van der Waals surface area contributed by atoms with E-state index in [0.717, 1.165) is 18.5 Å². The van der Waals surface area contributed by atoms with Gasteiger partial charge in [-0.3, -0.25) is 4.79 Å². The summed E-state index contributed by atoms with van der Waals surface area (Å²) in [6.07, 6.45) is 1.87. The Kier molecular flexibility index (Phi) is 5.61. The quantitative estimate of drug-likeness (QED) is 0.888. The molecule has 2 aromatic carbocycles. The molecule has 1 saturated heterocycles. The zero-order valence-corrected chi connectivity index (χ0v) is 15.0. The van der Waals surface area contributed by atoms with Gasteiger partial charge in [0.1, 0.15) is 17.3 Å². The second kappa shape index (κ2) is 8.08. The summed E-state index contributed by atoms with van der Waals surface area (Å²) in [6, 6.07) is 11.4. The van der Waals surface area contributed by atoms with Gasteiger partial charge in [-0.1, -0.05) is 0 Å². The molecule has 1 N–H and O–H groups in total. The molecule has 1 atom stereocenters. The monoisotopic (exact) mass is 358 g/mol. The Labute approximate surface area is 152 Å². The van der Waals surface area contributed by atoms with E-state index in [0.29, 0.717) is 30.2 Å². The number of anilines is 1. The third kappa shape index (κ3) is 4.25. The van der Waals surface area contributed by atoms with Gasteiger partial charge in [0.15, 0.2) is 0 Å². The van der Waals surface area contributed by atoms with Gasteiger partial charge < -0.3 is 19.7 Å². The van der Waals surface area contributed by atoms with Crippen molar-refractivity contribution in [3.63, 3.8) is 0 Å². The van der Waals surface area contributed by atoms with E-state index in [4.69, 9.17) is 9.47 Å². The van der Waals surface area contributed by atoms with Crippen LogP contribution in [0.3, 0.4) is 0 Å². The van der Waals surface area contributed by atoms with Crippen molar-refractivity contribution in [2.75, 3.05) is 32.6 Å². The number of ether oxygens (including phenoxy) is 2. The summed E-state index contributed by atoms with van der Waals surface area (Å²) < 4.78 is 23.7. The summed E-state index contributed by atoms with van der Waals surface area (Å²) in [6.45, 7) is 1.30. The maximum atomic E-state index is 13.1. The highest BCUT2D eigenvalue weighted by atomic mass is 19.1. The van der Waals surface area contributed by atoms with Crippen LogP contribution in [0.2, 0.25) is 0 Å². The normalized spacial score (nSPS) is 16.9. The number of halogens is 1. The number of nitrogens with zero attached hydrogens (tertiary/aromatic N) is 1. The van der Waals surface area contributed by atoms with Crippen LogP contribution in [0.25, 0.3) is 0 Å². The van der Waals surface area contributed by atoms with E-state index >= 15 is 0 Å². The Balaban J connectivity index is 1.68. The Morgan fingerprint density at radius 1 is 1.12 bits per heavy atom. The van der Waals surface area contributed by atoms with Crippen LogP contribution >= 0.6 is 0 Å². The smallest absolute Gasteiger partial charge is 0.253 e. The number of carbonyl (C=O) groups is 1. The van der Waals surface area contributed by atoms with Crippen molar-refractivity contribution in [3.05, 3.63) is 53.8 Å². The fraction of sp³-hybridized carbons (Fsp3) is 0.350. The van der Waals surface area contributed by atoms with E-state index in [1.54, 1.807) is 14.2 Å². The number of amides is 1. The van der Waals surface area contributed by atoms with Gasteiger partial charge >= 0.3 is 0 Å². The first kappa shape index (κ1) is 18.0. The largest absolute Gasteiger partial charge is 0.497 e. The Morgan fingerprint density at radius 3 is 2.38 bits per heavy atom. The first-order valence-electron chi connectivity index (χ1n) is 8.63. The summed E-state index contributed by atoms with van der Waals surface area (Å²) in [5.74, 6) is 1.01. The highest BCUT2D eigenvalue weighted by Gasteiger charge is 2.24. The summed E-state index contributed by atoms with van der Waals surface area (Å²) in [5, 5.41) is 3.46. The van der Waals surface area contributed by atoms with Crippen molar-refractivity contribution in [2.45, 2.75) is 18.9 Å². The second-order valence-corrected chi connectivity index (χ2v) is 6.34. The van der Waals surface area contributed by atoms with Crippen molar-refractivity contribution in [1.82, 2.24) is 4.90 Å². The maximum Gasteiger partial charge on any atom is 0.253 e. The second-order valence-electron chi connectivity index (χ2n) is 6.34. The lowest BCUT2D eigenvalue weighted by molar-refractivity contribution is 0.0714. The van der Waals surface area contributed by atoms with Crippen LogP contribution in [0.5, 0.6) is 11.5 Å². The molecular formula is C20H23FN2O3. The molecule has 26 heavy (non-hydrogen) atoms. The van der Waals surface area contributed by atoms with E-state index in [2.05, 4.69) is 5.32 Å².